The first-order valence-corrected chi connectivity index (χ1v) is 12.7. The molecule has 3 heterocycles. The molecule has 1 aliphatic rings. The minimum absolute atomic E-state index is 0.207. The van der Waals surface area contributed by atoms with Crippen LogP contribution in [0.2, 0.25) is 5.02 Å². The first-order chi connectivity index (χ1) is 17.5. The van der Waals surface area contributed by atoms with E-state index in [0.29, 0.717) is 46.1 Å². The van der Waals surface area contributed by atoms with Crippen LogP contribution in [0.1, 0.15) is 36.8 Å². The molecule has 2 aromatic carbocycles. The van der Waals surface area contributed by atoms with E-state index in [2.05, 4.69) is 31.7 Å². The number of anilines is 2. The molecule has 0 radical (unpaired) electrons. The topological polar surface area (TPSA) is 91.9 Å². The van der Waals surface area contributed by atoms with Gasteiger partial charge in [0.25, 0.3) is 5.56 Å². The number of aryl methyl sites for hydroxylation is 2. The van der Waals surface area contributed by atoms with Crippen LogP contribution in [0.15, 0.2) is 53.6 Å². The predicted octanol–water partition coefficient (Wildman–Crippen LogP) is 5.91. The van der Waals surface area contributed by atoms with Crippen molar-refractivity contribution in [2.24, 2.45) is 0 Å². The summed E-state index contributed by atoms with van der Waals surface area (Å²) in [5, 5.41) is 7.96. The summed E-state index contributed by atoms with van der Waals surface area (Å²) in [7, 11) is 0. The molecule has 186 valence electrons. The van der Waals surface area contributed by atoms with E-state index in [9.17, 15) is 4.79 Å². The van der Waals surface area contributed by atoms with Gasteiger partial charge in [-0.15, -0.1) is 0 Å². The molecule has 0 bridgehead atoms. The zero-order chi connectivity index (χ0) is 25.1. The van der Waals surface area contributed by atoms with E-state index in [0.717, 1.165) is 41.5 Å². The first kappa shape index (κ1) is 24.3. The molecule has 1 fully saturated rings. The van der Waals surface area contributed by atoms with Crippen LogP contribution >= 0.6 is 11.6 Å². The molecule has 0 aliphatic carbocycles. The van der Waals surface area contributed by atoms with Gasteiger partial charge in [0.05, 0.1) is 28.4 Å². The molecule has 1 atom stereocenters. The Hall–Kier alpha value is -3.42. The lowest BCUT2D eigenvalue weighted by Crippen LogP contribution is -2.35. The van der Waals surface area contributed by atoms with Crippen molar-refractivity contribution in [3.8, 4) is 16.9 Å². The Morgan fingerprint density at radius 1 is 1.08 bits per heavy atom. The number of aromatic nitrogens is 3. The monoisotopic (exact) mass is 503 g/mol. The Balaban J connectivity index is 1.61. The fraction of sp³-hybridized carbons (Fsp3) is 0.321. The second kappa shape index (κ2) is 10.7. The van der Waals surface area contributed by atoms with Crippen molar-refractivity contribution < 1.29 is 4.74 Å². The maximum atomic E-state index is 13.4. The van der Waals surface area contributed by atoms with Crippen molar-refractivity contribution in [3.63, 3.8) is 0 Å². The maximum absolute atomic E-state index is 13.4. The number of piperidine rings is 1. The number of H-pyrrole nitrogens is 1. The summed E-state index contributed by atoms with van der Waals surface area (Å²) in [5.74, 6) is 0.992. The SMILES string of the molecule is Cc1cc(C)cc(-c2c(OCC[C@@H]3CCCCN3)c3cc(Nc4ncccn4)c(Cl)cc3[nH]c2=O)c1. The van der Waals surface area contributed by atoms with Gasteiger partial charge >= 0.3 is 0 Å². The molecule has 2 aromatic heterocycles. The lowest BCUT2D eigenvalue weighted by Gasteiger charge is -2.24. The van der Waals surface area contributed by atoms with Gasteiger partial charge in [-0.05, 0) is 63.4 Å². The van der Waals surface area contributed by atoms with E-state index < -0.39 is 0 Å². The average molecular weight is 504 g/mol. The molecule has 1 saturated heterocycles. The Labute approximate surface area is 215 Å². The van der Waals surface area contributed by atoms with Crippen molar-refractivity contribution in [1.29, 1.82) is 0 Å². The van der Waals surface area contributed by atoms with Crippen molar-refractivity contribution in [2.75, 3.05) is 18.5 Å². The molecule has 36 heavy (non-hydrogen) atoms. The average Bonchev–Trinajstić information content (AvgIpc) is 2.85. The number of benzene rings is 2. The molecule has 0 amide bonds. The molecule has 0 spiro atoms. The number of hydrogen-bond donors (Lipinski definition) is 3. The molecular weight excluding hydrogens is 474 g/mol. The molecule has 0 saturated carbocycles. The zero-order valence-electron chi connectivity index (χ0n) is 20.5. The van der Waals surface area contributed by atoms with Gasteiger partial charge in [0.1, 0.15) is 5.75 Å². The van der Waals surface area contributed by atoms with Crippen molar-refractivity contribution in [2.45, 2.75) is 45.6 Å². The molecule has 3 N–H and O–H groups in total. The van der Waals surface area contributed by atoms with E-state index in [-0.39, 0.29) is 5.56 Å². The summed E-state index contributed by atoms with van der Waals surface area (Å²) in [4.78, 5) is 24.9. The number of fused-ring (bicyclic) bond motifs is 1. The summed E-state index contributed by atoms with van der Waals surface area (Å²) in [6, 6.07) is 11.9. The molecule has 0 unspecified atom stereocenters. The number of ether oxygens (including phenoxy) is 1. The number of hydrogen-bond acceptors (Lipinski definition) is 6. The van der Waals surface area contributed by atoms with E-state index >= 15 is 0 Å². The fourth-order valence-corrected chi connectivity index (χ4v) is 5.08. The highest BCUT2D eigenvalue weighted by atomic mass is 35.5. The number of nitrogens with zero attached hydrogens (tertiary/aromatic N) is 2. The van der Waals surface area contributed by atoms with Gasteiger partial charge in [-0.1, -0.05) is 47.3 Å². The third-order valence-electron chi connectivity index (χ3n) is 6.50. The van der Waals surface area contributed by atoms with Gasteiger partial charge in [0, 0.05) is 23.8 Å². The lowest BCUT2D eigenvalue weighted by molar-refractivity contribution is 0.271. The quantitative estimate of drug-likeness (QED) is 0.290. The highest BCUT2D eigenvalue weighted by molar-refractivity contribution is 6.34. The lowest BCUT2D eigenvalue weighted by atomic mass is 9.99. The zero-order valence-corrected chi connectivity index (χ0v) is 21.3. The van der Waals surface area contributed by atoms with E-state index in [1.165, 1.54) is 12.8 Å². The van der Waals surface area contributed by atoms with Crippen molar-refractivity contribution >= 4 is 34.1 Å². The molecule has 5 rings (SSSR count). The van der Waals surface area contributed by atoms with E-state index in [1.807, 2.05) is 32.0 Å². The number of aromatic amines is 1. The van der Waals surface area contributed by atoms with Crippen LogP contribution in [-0.2, 0) is 0 Å². The molecule has 1 aliphatic heterocycles. The Morgan fingerprint density at radius 3 is 2.58 bits per heavy atom. The van der Waals surface area contributed by atoms with Crippen molar-refractivity contribution in [3.05, 3.63) is 75.3 Å². The van der Waals surface area contributed by atoms with Crippen LogP contribution in [0.5, 0.6) is 5.75 Å². The summed E-state index contributed by atoms with van der Waals surface area (Å²) in [6.45, 7) is 5.61. The van der Waals surface area contributed by atoms with Gasteiger partial charge in [-0.25, -0.2) is 9.97 Å². The minimum atomic E-state index is -0.207. The van der Waals surface area contributed by atoms with Crippen LogP contribution in [0, 0.1) is 13.8 Å². The van der Waals surface area contributed by atoms with Gasteiger partial charge in [0.15, 0.2) is 0 Å². The third kappa shape index (κ3) is 5.37. The predicted molar refractivity (Wildman–Crippen MR) is 146 cm³/mol. The van der Waals surface area contributed by atoms with Gasteiger partial charge < -0.3 is 20.4 Å². The number of rotatable bonds is 7. The summed E-state index contributed by atoms with van der Waals surface area (Å²) in [5.41, 5.74) is 4.56. The molecular formula is C28H30ClN5O2. The summed E-state index contributed by atoms with van der Waals surface area (Å²) in [6.07, 6.45) is 7.78. The van der Waals surface area contributed by atoms with E-state index in [4.69, 9.17) is 16.3 Å². The Kier molecular flexibility index (Phi) is 7.20. The second-order valence-corrected chi connectivity index (χ2v) is 9.80. The van der Waals surface area contributed by atoms with Crippen LogP contribution in [0.25, 0.3) is 22.0 Å². The highest BCUT2D eigenvalue weighted by Crippen LogP contribution is 2.38. The van der Waals surface area contributed by atoms with Crippen LogP contribution in [0.3, 0.4) is 0 Å². The molecule has 8 heteroatoms. The number of nitrogens with one attached hydrogen (secondary N) is 3. The van der Waals surface area contributed by atoms with Crippen LogP contribution < -0.4 is 20.9 Å². The second-order valence-electron chi connectivity index (χ2n) is 9.39. The largest absolute Gasteiger partial charge is 0.492 e. The number of halogens is 1. The Bertz CT molecular complexity index is 1410. The van der Waals surface area contributed by atoms with Crippen molar-refractivity contribution in [1.82, 2.24) is 20.3 Å². The fourth-order valence-electron chi connectivity index (χ4n) is 4.87. The Morgan fingerprint density at radius 2 is 1.86 bits per heavy atom. The summed E-state index contributed by atoms with van der Waals surface area (Å²) < 4.78 is 6.45. The van der Waals surface area contributed by atoms with Crippen LogP contribution in [0.4, 0.5) is 11.6 Å². The van der Waals surface area contributed by atoms with E-state index in [1.54, 1.807) is 24.5 Å². The highest BCUT2D eigenvalue weighted by Gasteiger charge is 2.20. The minimum Gasteiger partial charge on any atom is -0.492 e. The smallest absolute Gasteiger partial charge is 0.260 e. The van der Waals surface area contributed by atoms with Gasteiger partial charge in [-0.2, -0.15) is 0 Å². The standard InChI is InChI=1S/C28H30ClN5O2/c1-17-12-18(2)14-19(13-17)25-26(36-11-7-20-6-3-4-8-30-20)21-15-24(34-28-31-9-5-10-32-28)22(29)16-23(21)33-27(25)35/h5,9-10,12-16,20,30H,3-4,6-8,11H2,1-2H3,(H,33,35)(H,31,32,34)/t20-/m0/s1. The molecule has 4 aromatic rings. The first-order valence-electron chi connectivity index (χ1n) is 12.4. The van der Waals surface area contributed by atoms with Crippen LogP contribution in [-0.4, -0.2) is 34.1 Å². The van der Waals surface area contributed by atoms with Gasteiger partial charge in [0.2, 0.25) is 5.95 Å². The normalized spacial score (nSPS) is 15.7. The summed E-state index contributed by atoms with van der Waals surface area (Å²) >= 11 is 6.57. The maximum Gasteiger partial charge on any atom is 0.260 e. The third-order valence-corrected chi connectivity index (χ3v) is 6.81. The van der Waals surface area contributed by atoms with Gasteiger partial charge in [-0.3, -0.25) is 4.79 Å². The molecule has 7 nitrogen and oxygen atoms in total. The number of pyridine rings is 1.